The summed E-state index contributed by atoms with van der Waals surface area (Å²) in [5, 5.41) is 0.553. The Bertz CT molecular complexity index is 1590. The predicted molar refractivity (Wildman–Crippen MR) is 118 cm³/mol. The SMILES string of the molecule is O=c1c2ccccc2nc(SCCn2c(=O)oc3ccccc32)n1-c1ccc(F)cc1F. The highest BCUT2D eigenvalue weighted by atomic mass is 32.2. The summed E-state index contributed by atoms with van der Waals surface area (Å²) in [5.74, 6) is -1.74. The number of fused-ring (bicyclic) bond motifs is 2. The zero-order valence-electron chi connectivity index (χ0n) is 16.5. The van der Waals surface area contributed by atoms with Gasteiger partial charge in [-0.1, -0.05) is 36.0 Å². The van der Waals surface area contributed by atoms with Crippen LogP contribution in [0.2, 0.25) is 0 Å². The van der Waals surface area contributed by atoms with E-state index in [9.17, 15) is 18.4 Å². The van der Waals surface area contributed by atoms with Gasteiger partial charge >= 0.3 is 5.76 Å². The van der Waals surface area contributed by atoms with Crippen LogP contribution in [0.5, 0.6) is 0 Å². The Morgan fingerprint density at radius 2 is 1.75 bits per heavy atom. The minimum Gasteiger partial charge on any atom is -0.408 e. The number of rotatable bonds is 5. The molecule has 0 aliphatic heterocycles. The molecule has 0 N–H and O–H groups in total. The third-order valence-electron chi connectivity index (χ3n) is 5.02. The molecule has 5 rings (SSSR count). The van der Waals surface area contributed by atoms with Gasteiger partial charge in [0.25, 0.3) is 5.56 Å². The van der Waals surface area contributed by atoms with Crippen LogP contribution in [0, 0.1) is 11.6 Å². The van der Waals surface area contributed by atoms with Crippen molar-refractivity contribution in [2.24, 2.45) is 0 Å². The summed E-state index contributed by atoms with van der Waals surface area (Å²) in [5.41, 5.74) is 1.05. The number of oxazole rings is 1. The molecule has 0 amide bonds. The van der Waals surface area contributed by atoms with Gasteiger partial charge in [0.05, 0.1) is 22.1 Å². The van der Waals surface area contributed by atoms with E-state index in [2.05, 4.69) is 4.98 Å². The van der Waals surface area contributed by atoms with E-state index in [0.717, 1.165) is 16.7 Å². The van der Waals surface area contributed by atoms with Gasteiger partial charge in [0, 0.05) is 18.4 Å². The van der Waals surface area contributed by atoms with Crippen molar-refractivity contribution in [3.05, 3.63) is 99.3 Å². The first-order valence-corrected chi connectivity index (χ1v) is 10.7. The van der Waals surface area contributed by atoms with Crippen LogP contribution in [-0.2, 0) is 6.54 Å². The smallest absolute Gasteiger partial charge is 0.408 e. The zero-order valence-corrected chi connectivity index (χ0v) is 17.3. The molecule has 0 atom stereocenters. The lowest BCUT2D eigenvalue weighted by Gasteiger charge is -2.14. The van der Waals surface area contributed by atoms with E-state index >= 15 is 0 Å². The molecule has 2 aromatic heterocycles. The number of halogens is 2. The fraction of sp³-hybridized carbons (Fsp3) is 0.0870. The molecule has 0 aliphatic rings. The van der Waals surface area contributed by atoms with Crippen molar-refractivity contribution in [2.45, 2.75) is 11.7 Å². The van der Waals surface area contributed by atoms with Crippen molar-refractivity contribution in [2.75, 3.05) is 5.75 Å². The number of aromatic nitrogens is 3. The molecular weight excluding hydrogens is 436 g/mol. The Kier molecular flexibility index (Phi) is 5.10. The molecule has 0 unspecified atom stereocenters. The minimum atomic E-state index is -0.872. The van der Waals surface area contributed by atoms with E-state index in [1.165, 1.54) is 22.4 Å². The molecule has 0 fully saturated rings. The molecular formula is C23H15F2N3O3S. The molecule has 0 spiro atoms. The summed E-state index contributed by atoms with van der Waals surface area (Å²) in [6.45, 7) is 0.287. The number of para-hydroxylation sites is 3. The Labute approximate surface area is 183 Å². The number of benzene rings is 3. The van der Waals surface area contributed by atoms with Crippen molar-refractivity contribution in [3.8, 4) is 5.69 Å². The molecule has 3 aromatic carbocycles. The van der Waals surface area contributed by atoms with Gasteiger partial charge in [-0.2, -0.15) is 0 Å². The van der Waals surface area contributed by atoms with E-state index in [1.54, 1.807) is 48.5 Å². The number of nitrogens with zero attached hydrogens (tertiary/aromatic N) is 3. The molecule has 6 nitrogen and oxygen atoms in total. The highest BCUT2D eigenvalue weighted by Gasteiger charge is 2.17. The molecule has 2 heterocycles. The number of hydrogen-bond donors (Lipinski definition) is 0. The van der Waals surface area contributed by atoms with Gasteiger partial charge in [0.2, 0.25) is 0 Å². The second-order valence-corrected chi connectivity index (χ2v) is 8.05. The van der Waals surface area contributed by atoms with E-state index in [1.807, 2.05) is 0 Å². The molecule has 160 valence electrons. The zero-order chi connectivity index (χ0) is 22.2. The quantitative estimate of drug-likeness (QED) is 0.293. The Balaban J connectivity index is 1.56. The fourth-order valence-corrected chi connectivity index (χ4v) is 4.47. The lowest BCUT2D eigenvalue weighted by Crippen LogP contribution is -2.23. The van der Waals surface area contributed by atoms with Gasteiger partial charge in [-0.3, -0.25) is 13.9 Å². The lowest BCUT2D eigenvalue weighted by atomic mass is 10.2. The molecule has 0 bridgehead atoms. The summed E-state index contributed by atoms with van der Waals surface area (Å²) in [6, 6.07) is 16.8. The van der Waals surface area contributed by atoms with Crippen LogP contribution >= 0.6 is 11.8 Å². The Hall–Kier alpha value is -3.72. The van der Waals surface area contributed by atoms with Crippen molar-refractivity contribution in [3.63, 3.8) is 0 Å². The average molecular weight is 451 g/mol. The topological polar surface area (TPSA) is 70.0 Å². The number of aryl methyl sites for hydroxylation is 1. The van der Waals surface area contributed by atoms with E-state index < -0.39 is 22.9 Å². The lowest BCUT2D eigenvalue weighted by molar-refractivity contribution is 0.514. The first-order chi connectivity index (χ1) is 15.5. The van der Waals surface area contributed by atoms with Crippen LogP contribution in [0.25, 0.3) is 27.7 Å². The third-order valence-corrected chi connectivity index (χ3v) is 5.93. The van der Waals surface area contributed by atoms with Gasteiger partial charge in [-0.25, -0.2) is 18.6 Å². The number of thioether (sulfide) groups is 1. The summed E-state index contributed by atoms with van der Waals surface area (Å²) in [7, 11) is 0. The second-order valence-electron chi connectivity index (χ2n) is 6.98. The largest absolute Gasteiger partial charge is 0.419 e. The van der Waals surface area contributed by atoms with Crippen LogP contribution in [0.4, 0.5) is 8.78 Å². The third kappa shape index (κ3) is 3.50. The van der Waals surface area contributed by atoms with Crippen molar-refractivity contribution in [1.82, 2.24) is 14.1 Å². The monoisotopic (exact) mass is 451 g/mol. The molecule has 5 aromatic rings. The van der Waals surface area contributed by atoms with Crippen molar-refractivity contribution in [1.29, 1.82) is 0 Å². The molecule has 9 heteroatoms. The normalized spacial score (nSPS) is 11.4. The van der Waals surface area contributed by atoms with Gasteiger partial charge in [-0.15, -0.1) is 0 Å². The predicted octanol–water partition coefficient (Wildman–Crippen LogP) is 4.36. The van der Waals surface area contributed by atoms with Gasteiger partial charge in [-0.05, 0) is 36.4 Å². The van der Waals surface area contributed by atoms with Gasteiger partial charge in [0.1, 0.15) is 11.6 Å². The maximum absolute atomic E-state index is 14.6. The first kappa shape index (κ1) is 20.2. The Morgan fingerprint density at radius 1 is 0.969 bits per heavy atom. The minimum absolute atomic E-state index is 0.0944. The van der Waals surface area contributed by atoms with Crippen LogP contribution in [0.15, 0.2) is 85.9 Å². The molecule has 0 saturated heterocycles. The van der Waals surface area contributed by atoms with Gasteiger partial charge < -0.3 is 4.42 Å². The molecule has 0 radical (unpaired) electrons. The van der Waals surface area contributed by atoms with E-state index in [4.69, 9.17) is 4.42 Å². The maximum atomic E-state index is 14.6. The number of hydrogen-bond acceptors (Lipinski definition) is 5. The van der Waals surface area contributed by atoms with Crippen molar-refractivity contribution < 1.29 is 13.2 Å². The van der Waals surface area contributed by atoms with Crippen molar-refractivity contribution >= 4 is 33.8 Å². The maximum Gasteiger partial charge on any atom is 0.419 e. The van der Waals surface area contributed by atoms with Crippen LogP contribution in [-0.4, -0.2) is 19.9 Å². The Morgan fingerprint density at radius 3 is 2.59 bits per heavy atom. The van der Waals surface area contributed by atoms with Gasteiger partial charge in [0.15, 0.2) is 10.7 Å². The van der Waals surface area contributed by atoms with E-state index in [0.29, 0.717) is 27.8 Å². The highest BCUT2D eigenvalue weighted by Crippen LogP contribution is 2.24. The van der Waals surface area contributed by atoms with E-state index in [-0.39, 0.29) is 17.4 Å². The molecule has 0 saturated carbocycles. The summed E-state index contributed by atoms with van der Waals surface area (Å²) >= 11 is 1.19. The van der Waals surface area contributed by atoms with Crippen LogP contribution < -0.4 is 11.3 Å². The van der Waals surface area contributed by atoms with Crippen LogP contribution in [0.3, 0.4) is 0 Å². The fourth-order valence-electron chi connectivity index (χ4n) is 3.54. The molecule has 0 aliphatic carbocycles. The molecule has 32 heavy (non-hydrogen) atoms. The standard InChI is InChI=1S/C23H15F2N3O3S/c24-14-9-10-18(16(25)13-14)28-21(29)15-5-1-2-6-17(15)26-22(28)32-12-11-27-19-7-3-4-8-20(19)31-23(27)30/h1-10,13H,11-12H2. The summed E-state index contributed by atoms with van der Waals surface area (Å²) < 4.78 is 35.9. The summed E-state index contributed by atoms with van der Waals surface area (Å²) in [6.07, 6.45) is 0. The summed E-state index contributed by atoms with van der Waals surface area (Å²) in [4.78, 5) is 29.9. The highest BCUT2D eigenvalue weighted by molar-refractivity contribution is 7.99. The average Bonchev–Trinajstić information content (AvgIpc) is 3.10. The van der Waals surface area contributed by atoms with Crippen LogP contribution in [0.1, 0.15) is 0 Å². The second kappa shape index (κ2) is 8.08. The first-order valence-electron chi connectivity index (χ1n) is 9.71.